The van der Waals surface area contributed by atoms with Gasteiger partial charge in [-0.05, 0) is 0 Å². The lowest BCUT2D eigenvalue weighted by molar-refractivity contribution is -0.203. The van der Waals surface area contributed by atoms with E-state index in [1.54, 1.807) is 0 Å². The molecule has 0 fully saturated rings. The monoisotopic (exact) mass is 240 g/mol. The smallest absolute Gasteiger partial charge is 0.262 e. The van der Waals surface area contributed by atoms with Gasteiger partial charge in [-0.15, -0.1) is 0 Å². The van der Waals surface area contributed by atoms with Gasteiger partial charge in [-0.1, -0.05) is 0 Å². The number of halogens is 6. The molecule has 0 aromatic heterocycles. The first-order valence-electron chi connectivity index (χ1n) is 2.95. The van der Waals surface area contributed by atoms with Crippen LogP contribution in [0.3, 0.4) is 0 Å². The van der Waals surface area contributed by atoms with Crippen molar-refractivity contribution in [1.82, 2.24) is 11.0 Å². The van der Waals surface area contributed by atoms with Gasteiger partial charge in [0.15, 0.2) is 0 Å². The molecule has 0 saturated carbocycles. The molecule has 5 nitrogen and oxygen atoms in total. The zero-order valence-electron chi connectivity index (χ0n) is 6.49. The van der Waals surface area contributed by atoms with Crippen LogP contribution in [-0.2, 0) is 14.5 Å². The quantitative estimate of drug-likeness (QED) is 0.534. The van der Waals surface area contributed by atoms with E-state index >= 15 is 0 Å². The molecule has 0 bridgehead atoms. The fraction of sp³-hybridized carbons (Fsp3) is 0.500. The second-order valence-corrected chi connectivity index (χ2v) is 1.96. The number of alkyl halides is 6. The molecule has 2 amide bonds. The zero-order valence-corrected chi connectivity index (χ0v) is 6.49. The van der Waals surface area contributed by atoms with E-state index in [2.05, 4.69) is 4.94 Å². The predicted molar refractivity (Wildman–Crippen MR) is 29.5 cm³/mol. The summed E-state index contributed by atoms with van der Waals surface area (Å²) in [4.78, 5) is 23.0. The SMILES string of the molecule is O=C(NONC(=O)C(F)(F)F)C(F)(F)F. The molecule has 0 radical (unpaired) electrons. The summed E-state index contributed by atoms with van der Waals surface area (Å²) in [5.74, 6) is -5.32. The van der Waals surface area contributed by atoms with Gasteiger partial charge in [0.1, 0.15) is 0 Å². The fourth-order valence-electron chi connectivity index (χ4n) is 0.234. The minimum Gasteiger partial charge on any atom is -0.262 e. The molecule has 0 rings (SSSR count). The van der Waals surface area contributed by atoms with Crippen molar-refractivity contribution in [2.45, 2.75) is 12.4 Å². The fourth-order valence-corrected chi connectivity index (χ4v) is 0.234. The highest BCUT2D eigenvalue weighted by molar-refractivity contribution is 5.82. The molecule has 0 spiro atoms. The molecule has 88 valence electrons. The standard InChI is InChI=1S/C4H2F6N2O3/c5-3(6,7)1(13)11-15-12-2(14)4(8,9)10/h(H,11,13)(H,12,14). The Hall–Kier alpha value is -1.52. The normalized spacial score (nSPS) is 12.1. The van der Waals surface area contributed by atoms with E-state index in [1.165, 1.54) is 0 Å². The highest BCUT2D eigenvalue weighted by Crippen LogP contribution is 2.15. The molecule has 11 heteroatoms. The number of nitrogens with one attached hydrogen (secondary N) is 2. The average molecular weight is 240 g/mol. The summed E-state index contributed by atoms with van der Waals surface area (Å²) in [7, 11) is 0. The van der Waals surface area contributed by atoms with Gasteiger partial charge in [-0.25, -0.2) is 11.0 Å². The Balaban J connectivity index is 3.92. The molecule has 0 saturated heterocycles. The highest BCUT2D eigenvalue weighted by Gasteiger charge is 2.41. The lowest BCUT2D eigenvalue weighted by Crippen LogP contribution is -2.45. The van der Waals surface area contributed by atoms with Crippen LogP contribution in [0.15, 0.2) is 0 Å². The molecular formula is C4H2F6N2O3. The maximum Gasteiger partial charge on any atom is 0.473 e. The number of carbonyl (C=O) groups excluding carboxylic acids is 2. The Kier molecular flexibility index (Phi) is 3.90. The number of hydroxylamine groups is 2. The van der Waals surface area contributed by atoms with Gasteiger partial charge in [0.05, 0.1) is 0 Å². The third-order valence-electron chi connectivity index (χ3n) is 0.802. The van der Waals surface area contributed by atoms with Gasteiger partial charge in [-0.2, -0.15) is 31.3 Å². The summed E-state index contributed by atoms with van der Waals surface area (Å²) >= 11 is 0. The van der Waals surface area contributed by atoms with Gasteiger partial charge in [0.2, 0.25) is 0 Å². The van der Waals surface area contributed by atoms with Crippen LogP contribution in [0.4, 0.5) is 26.3 Å². The number of rotatable bonds is 2. The van der Waals surface area contributed by atoms with Crippen molar-refractivity contribution < 1.29 is 40.9 Å². The third kappa shape index (κ3) is 5.05. The summed E-state index contributed by atoms with van der Waals surface area (Å²) < 4.78 is 68.3. The van der Waals surface area contributed by atoms with Crippen LogP contribution in [0.25, 0.3) is 0 Å². The molecule has 0 unspecified atom stereocenters. The van der Waals surface area contributed by atoms with Crippen molar-refractivity contribution in [2.24, 2.45) is 0 Å². The zero-order chi connectivity index (χ0) is 12.3. The lowest BCUT2D eigenvalue weighted by atomic mass is 10.6. The Bertz CT molecular complexity index is 232. The van der Waals surface area contributed by atoms with Crippen molar-refractivity contribution in [3.63, 3.8) is 0 Å². The summed E-state index contributed by atoms with van der Waals surface area (Å²) in [6.07, 6.45) is -10.7. The third-order valence-corrected chi connectivity index (χ3v) is 0.802. The van der Waals surface area contributed by atoms with Crippen molar-refractivity contribution in [2.75, 3.05) is 0 Å². The Morgan fingerprint density at radius 3 is 1.27 bits per heavy atom. The average Bonchev–Trinajstić information content (AvgIpc) is 2.00. The van der Waals surface area contributed by atoms with Crippen LogP contribution in [0, 0.1) is 0 Å². The largest absolute Gasteiger partial charge is 0.473 e. The predicted octanol–water partition coefficient (Wildman–Crippen LogP) is 0.190. The van der Waals surface area contributed by atoms with E-state index in [9.17, 15) is 35.9 Å². The first-order valence-corrected chi connectivity index (χ1v) is 2.95. The molecular weight excluding hydrogens is 238 g/mol. The summed E-state index contributed by atoms with van der Waals surface area (Å²) in [6.45, 7) is 0. The topological polar surface area (TPSA) is 67.4 Å². The molecule has 0 aliphatic carbocycles. The first kappa shape index (κ1) is 13.5. The molecule has 0 aliphatic heterocycles. The van der Waals surface area contributed by atoms with E-state index in [0.717, 1.165) is 0 Å². The first-order chi connectivity index (χ1) is 6.55. The van der Waals surface area contributed by atoms with Crippen LogP contribution in [-0.4, -0.2) is 24.2 Å². The van der Waals surface area contributed by atoms with Crippen molar-refractivity contribution in [1.29, 1.82) is 0 Å². The number of amides is 2. The lowest BCUT2D eigenvalue weighted by Gasteiger charge is -2.09. The Morgan fingerprint density at radius 2 is 1.07 bits per heavy atom. The second-order valence-electron chi connectivity index (χ2n) is 1.96. The van der Waals surface area contributed by atoms with E-state index in [-0.39, 0.29) is 0 Å². The Morgan fingerprint density at radius 1 is 0.800 bits per heavy atom. The maximum atomic E-state index is 11.4. The van der Waals surface area contributed by atoms with Gasteiger partial charge >= 0.3 is 24.2 Å². The van der Waals surface area contributed by atoms with Crippen molar-refractivity contribution >= 4 is 11.8 Å². The molecule has 0 aromatic carbocycles. The number of hydrogen-bond acceptors (Lipinski definition) is 3. The van der Waals surface area contributed by atoms with Crippen LogP contribution in [0.5, 0.6) is 0 Å². The van der Waals surface area contributed by atoms with Gasteiger partial charge < -0.3 is 0 Å². The van der Waals surface area contributed by atoms with Gasteiger partial charge in [0, 0.05) is 0 Å². The summed E-state index contributed by atoms with van der Waals surface area (Å²) in [5, 5.41) is 0. The summed E-state index contributed by atoms with van der Waals surface area (Å²) in [5.41, 5.74) is 1.06. The van der Waals surface area contributed by atoms with E-state index in [4.69, 9.17) is 0 Å². The van der Waals surface area contributed by atoms with Crippen molar-refractivity contribution in [3.05, 3.63) is 0 Å². The number of carbonyl (C=O) groups is 2. The molecule has 15 heavy (non-hydrogen) atoms. The van der Waals surface area contributed by atoms with Crippen LogP contribution in [0.1, 0.15) is 0 Å². The molecule has 0 atom stereocenters. The van der Waals surface area contributed by atoms with E-state index < -0.39 is 24.2 Å². The van der Waals surface area contributed by atoms with Gasteiger partial charge in [-0.3, -0.25) is 9.59 Å². The summed E-state index contributed by atoms with van der Waals surface area (Å²) in [6, 6.07) is 0. The Labute approximate surface area is 77.3 Å². The molecule has 0 heterocycles. The second kappa shape index (κ2) is 4.33. The minimum atomic E-state index is -5.33. The number of hydrogen-bond donors (Lipinski definition) is 2. The van der Waals surface area contributed by atoms with E-state index in [0.29, 0.717) is 11.0 Å². The van der Waals surface area contributed by atoms with Crippen LogP contribution < -0.4 is 11.0 Å². The van der Waals surface area contributed by atoms with E-state index in [1.807, 2.05) is 0 Å². The molecule has 0 aliphatic rings. The van der Waals surface area contributed by atoms with Gasteiger partial charge in [0.25, 0.3) is 0 Å². The van der Waals surface area contributed by atoms with Crippen LogP contribution >= 0.6 is 0 Å². The highest BCUT2D eigenvalue weighted by atomic mass is 19.4. The minimum absolute atomic E-state index is 0.530. The van der Waals surface area contributed by atoms with Crippen LogP contribution in [0.2, 0.25) is 0 Å². The molecule has 0 aromatic rings. The molecule has 2 N–H and O–H groups in total. The maximum absolute atomic E-state index is 11.4. The van der Waals surface area contributed by atoms with Crippen molar-refractivity contribution in [3.8, 4) is 0 Å².